The summed E-state index contributed by atoms with van der Waals surface area (Å²) >= 11 is 0. The molecule has 0 aromatic rings. The van der Waals surface area contributed by atoms with E-state index < -0.39 is 0 Å². The summed E-state index contributed by atoms with van der Waals surface area (Å²) in [4.78, 5) is 0. The lowest BCUT2D eigenvalue weighted by molar-refractivity contribution is 0.830. The van der Waals surface area contributed by atoms with E-state index in [9.17, 15) is 0 Å². The number of hydrogen-bond donors (Lipinski definition) is 1. The predicted octanol–water partition coefficient (Wildman–Crippen LogP) is 2.38. The monoisotopic (exact) mass is 101 g/mol. The molecule has 7 heavy (non-hydrogen) atoms. The Hall–Kier alpha value is -0.300. The van der Waals surface area contributed by atoms with Gasteiger partial charge in [-0.25, -0.2) is 0 Å². The summed E-state index contributed by atoms with van der Waals surface area (Å²) in [5, 5.41) is 0. The molecule has 0 amide bonds. The Bertz CT molecular complexity index is 46.1. The van der Waals surface area contributed by atoms with Gasteiger partial charge in [-0.15, -0.1) is 0 Å². The fourth-order valence-corrected chi connectivity index (χ4v) is 0.385. The maximum Gasteiger partial charge on any atom is -0.0291 e. The van der Waals surface area contributed by atoms with Crippen LogP contribution < -0.4 is 6.15 Å². The van der Waals surface area contributed by atoms with Gasteiger partial charge in [-0.05, 0) is 12.8 Å². The van der Waals surface area contributed by atoms with E-state index in [1.54, 1.807) is 0 Å². The molecule has 3 N–H and O–H groups in total. The van der Waals surface area contributed by atoms with Crippen molar-refractivity contribution < 1.29 is 0 Å². The van der Waals surface area contributed by atoms with Crippen molar-refractivity contribution in [3.8, 4) is 0 Å². The molecule has 0 bridgehead atoms. The van der Waals surface area contributed by atoms with Crippen molar-refractivity contribution in [2.75, 3.05) is 0 Å². The molecule has 44 valence electrons. The summed E-state index contributed by atoms with van der Waals surface area (Å²) in [6.07, 6.45) is 4.24. The van der Waals surface area contributed by atoms with Crippen molar-refractivity contribution in [3.63, 3.8) is 0 Å². The zero-order chi connectivity index (χ0) is 4.99. The van der Waals surface area contributed by atoms with Crippen LogP contribution in [0.4, 0.5) is 0 Å². The maximum absolute atomic E-state index is 2.17. The minimum absolute atomic E-state index is 0. The Labute approximate surface area is 46.0 Å². The second-order valence-electron chi connectivity index (χ2n) is 1.77. The Morgan fingerprint density at radius 2 is 1.71 bits per heavy atom. The van der Waals surface area contributed by atoms with E-state index in [4.69, 9.17) is 0 Å². The van der Waals surface area contributed by atoms with Crippen LogP contribution in [0.2, 0.25) is 0 Å². The molecule has 0 radical (unpaired) electrons. The number of allylic oxidation sites excluding steroid dienone is 2. The summed E-state index contributed by atoms with van der Waals surface area (Å²) in [7, 11) is 0. The van der Waals surface area contributed by atoms with Crippen molar-refractivity contribution >= 4 is 0 Å². The lowest BCUT2D eigenvalue weighted by Crippen LogP contribution is -1.73. The first-order valence-corrected chi connectivity index (χ1v) is 2.40. The first-order chi connectivity index (χ1) is 2.77. The fourth-order valence-electron chi connectivity index (χ4n) is 0.385. The molecule has 0 atom stereocenters. The Morgan fingerprint density at radius 3 is 1.71 bits per heavy atom. The summed E-state index contributed by atoms with van der Waals surface area (Å²) < 4.78 is 0. The van der Waals surface area contributed by atoms with Gasteiger partial charge in [0.2, 0.25) is 0 Å². The molecule has 0 aromatic carbocycles. The van der Waals surface area contributed by atoms with Crippen LogP contribution in [0.25, 0.3) is 0 Å². The topological polar surface area (TPSA) is 35.0 Å². The zero-order valence-corrected chi connectivity index (χ0v) is 5.44. The minimum atomic E-state index is 0. The zero-order valence-electron chi connectivity index (χ0n) is 5.44. The van der Waals surface area contributed by atoms with Crippen molar-refractivity contribution in [1.82, 2.24) is 6.15 Å². The summed E-state index contributed by atoms with van der Waals surface area (Å²) in [5.41, 5.74) is 0. The third-order valence-corrected chi connectivity index (χ3v) is 0.577. The normalized spacial score (nSPS) is 9.71. The van der Waals surface area contributed by atoms with Crippen molar-refractivity contribution in [3.05, 3.63) is 12.2 Å². The highest BCUT2D eigenvalue weighted by Gasteiger charge is 1.76. The van der Waals surface area contributed by atoms with Crippen LogP contribution in [-0.4, -0.2) is 0 Å². The molecule has 0 saturated carbocycles. The van der Waals surface area contributed by atoms with E-state index in [0.29, 0.717) is 0 Å². The third-order valence-electron chi connectivity index (χ3n) is 0.577. The average molecular weight is 101 g/mol. The molecule has 0 unspecified atom stereocenters. The van der Waals surface area contributed by atoms with Crippen molar-refractivity contribution in [1.29, 1.82) is 0 Å². The molecule has 1 nitrogen and oxygen atoms in total. The van der Waals surface area contributed by atoms with Crippen LogP contribution in [0.1, 0.15) is 20.8 Å². The lowest BCUT2D eigenvalue weighted by atomic mass is 10.2. The fraction of sp³-hybridized carbons (Fsp3) is 0.667. The van der Waals surface area contributed by atoms with E-state index in [1.165, 1.54) is 0 Å². The van der Waals surface area contributed by atoms with E-state index in [2.05, 4.69) is 26.0 Å². The molecular formula is C6H15N. The van der Waals surface area contributed by atoms with E-state index in [-0.39, 0.29) is 6.15 Å². The van der Waals surface area contributed by atoms with E-state index >= 15 is 0 Å². The summed E-state index contributed by atoms with van der Waals surface area (Å²) in [5.74, 6) is 0.718. The Kier molecular flexibility index (Phi) is 8.02. The van der Waals surface area contributed by atoms with Gasteiger partial charge in [-0.1, -0.05) is 26.0 Å². The van der Waals surface area contributed by atoms with Gasteiger partial charge in [0.25, 0.3) is 0 Å². The van der Waals surface area contributed by atoms with Crippen LogP contribution in [0.5, 0.6) is 0 Å². The smallest absolute Gasteiger partial charge is 0.0291 e. The predicted molar refractivity (Wildman–Crippen MR) is 34.7 cm³/mol. The standard InChI is InChI=1S/C6H12.H3N/c1-4-5-6(2)3;/h4-6H,1-3H3;1H3. The summed E-state index contributed by atoms with van der Waals surface area (Å²) in [6, 6.07) is 0. The van der Waals surface area contributed by atoms with Gasteiger partial charge in [0.1, 0.15) is 0 Å². The first-order valence-electron chi connectivity index (χ1n) is 2.40. The molecule has 0 aliphatic heterocycles. The maximum atomic E-state index is 2.17. The van der Waals surface area contributed by atoms with Crippen molar-refractivity contribution in [2.24, 2.45) is 5.92 Å². The van der Waals surface area contributed by atoms with Gasteiger partial charge in [0.15, 0.2) is 0 Å². The van der Waals surface area contributed by atoms with Gasteiger partial charge in [0.05, 0.1) is 0 Å². The molecule has 0 aromatic heterocycles. The van der Waals surface area contributed by atoms with Gasteiger partial charge in [-0.2, -0.15) is 0 Å². The second kappa shape index (κ2) is 5.70. The van der Waals surface area contributed by atoms with Gasteiger partial charge >= 0.3 is 0 Å². The number of rotatable bonds is 1. The highest BCUT2D eigenvalue weighted by Crippen LogP contribution is 1.90. The van der Waals surface area contributed by atoms with Gasteiger partial charge < -0.3 is 6.15 Å². The highest BCUT2D eigenvalue weighted by atomic mass is 14.0. The van der Waals surface area contributed by atoms with Gasteiger partial charge in [-0.3, -0.25) is 0 Å². The van der Waals surface area contributed by atoms with Crippen LogP contribution in [-0.2, 0) is 0 Å². The molecule has 0 aliphatic rings. The first kappa shape index (κ1) is 9.85. The Balaban J connectivity index is 0. The molecule has 0 aliphatic carbocycles. The van der Waals surface area contributed by atoms with Crippen molar-refractivity contribution in [2.45, 2.75) is 20.8 Å². The third kappa shape index (κ3) is 10.7. The van der Waals surface area contributed by atoms with Crippen LogP contribution >= 0.6 is 0 Å². The SMILES string of the molecule is CC=CC(C)C.N. The lowest BCUT2D eigenvalue weighted by Gasteiger charge is -1.86. The largest absolute Gasteiger partial charge is 0.344 e. The Morgan fingerprint density at radius 1 is 1.29 bits per heavy atom. The van der Waals surface area contributed by atoms with E-state index in [0.717, 1.165) is 5.92 Å². The van der Waals surface area contributed by atoms with E-state index in [1.807, 2.05) is 6.92 Å². The van der Waals surface area contributed by atoms with Crippen LogP contribution in [0.15, 0.2) is 12.2 Å². The number of hydrogen-bond acceptors (Lipinski definition) is 1. The molecular weight excluding hydrogens is 86.1 g/mol. The minimum Gasteiger partial charge on any atom is -0.344 e. The molecule has 1 heteroatoms. The molecule has 0 heterocycles. The van der Waals surface area contributed by atoms with Crippen LogP contribution in [0, 0.1) is 5.92 Å². The molecule has 0 rings (SSSR count). The average Bonchev–Trinajstić information content (AvgIpc) is 1.35. The quantitative estimate of drug-likeness (QED) is 0.505. The molecule has 0 saturated heterocycles. The second-order valence-corrected chi connectivity index (χ2v) is 1.77. The van der Waals surface area contributed by atoms with Gasteiger partial charge in [0, 0.05) is 0 Å². The highest BCUT2D eigenvalue weighted by molar-refractivity contribution is 4.79. The molecule has 0 fully saturated rings. The van der Waals surface area contributed by atoms with Crippen LogP contribution in [0.3, 0.4) is 0 Å². The summed E-state index contributed by atoms with van der Waals surface area (Å²) in [6.45, 7) is 6.38. The molecule has 0 spiro atoms.